The smallest absolute Gasteiger partial charge is 0.196 e. The molecule has 0 atom stereocenters. The van der Waals surface area contributed by atoms with E-state index in [-0.39, 0.29) is 11.8 Å². The van der Waals surface area contributed by atoms with Crippen molar-refractivity contribution in [2.45, 2.75) is 37.3 Å². The molecule has 192 valence electrons. The van der Waals surface area contributed by atoms with Gasteiger partial charge in [0.25, 0.3) is 0 Å². The van der Waals surface area contributed by atoms with Crippen LogP contribution in [0.15, 0.2) is 61.1 Å². The van der Waals surface area contributed by atoms with Crippen LogP contribution in [0.3, 0.4) is 0 Å². The van der Waals surface area contributed by atoms with E-state index in [0.717, 1.165) is 12.8 Å². The van der Waals surface area contributed by atoms with Gasteiger partial charge in [0, 0.05) is 30.4 Å². The summed E-state index contributed by atoms with van der Waals surface area (Å²) in [6, 6.07) is 14.6. The highest BCUT2D eigenvalue weighted by atomic mass is 35.5. The van der Waals surface area contributed by atoms with E-state index in [4.69, 9.17) is 16.3 Å². The minimum absolute atomic E-state index is 0.136. The summed E-state index contributed by atoms with van der Waals surface area (Å²) in [5.41, 5.74) is 0.701. The van der Waals surface area contributed by atoms with Gasteiger partial charge in [-0.05, 0) is 64.0 Å². The fourth-order valence-electron chi connectivity index (χ4n) is 5.00. The number of aromatic nitrogens is 3. The summed E-state index contributed by atoms with van der Waals surface area (Å²) >= 11 is 6.53. The van der Waals surface area contributed by atoms with Gasteiger partial charge in [-0.15, -0.1) is 0 Å². The number of aromatic amines is 1. The number of aliphatic hydroxyl groups is 1. The lowest BCUT2D eigenvalue weighted by Gasteiger charge is -2.38. The minimum Gasteiger partial charge on any atom is -0.457 e. The van der Waals surface area contributed by atoms with Crippen LogP contribution >= 0.6 is 11.6 Å². The number of H-pyrrole nitrogens is 1. The minimum atomic E-state index is -0.676. The van der Waals surface area contributed by atoms with Gasteiger partial charge >= 0.3 is 0 Å². The lowest BCUT2D eigenvalue weighted by atomic mass is 9.82. The number of carbonyl (C=O) groups excluding carboxylic acids is 1. The van der Waals surface area contributed by atoms with Crippen molar-refractivity contribution in [1.82, 2.24) is 19.9 Å². The molecule has 2 aromatic carbocycles. The maximum absolute atomic E-state index is 13.6. The monoisotopic (exact) mass is 519 g/mol. The molecular weight excluding hydrogens is 490 g/mol. The Morgan fingerprint density at radius 3 is 2.59 bits per heavy atom. The van der Waals surface area contributed by atoms with Crippen LogP contribution in [0.25, 0.3) is 11.0 Å². The number of para-hydroxylation sites is 1. The average molecular weight is 520 g/mol. The summed E-state index contributed by atoms with van der Waals surface area (Å²) < 4.78 is 5.84. The van der Waals surface area contributed by atoms with Crippen molar-refractivity contribution in [3.8, 4) is 11.5 Å². The summed E-state index contributed by atoms with van der Waals surface area (Å²) in [5.74, 6) is 1.59. The second kappa shape index (κ2) is 10.5. The number of anilines is 1. The highest BCUT2D eigenvalue weighted by Crippen LogP contribution is 2.34. The zero-order valence-electron chi connectivity index (χ0n) is 20.9. The van der Waals surface area contributed by atoms with Gasteiger partial charge in [0.2, 0.25) is 0 Å². The van der Waals surface area contributed by atoms with Crippen molar-refractivity contribution in [3.63, 3.8) is 0 Å². The molecule has 0 bridgehead atoms. The Morgan fingerprint density at radius 2 is 1.89 bits per heavy atom. The zero-order valence-corrected chi connectivity index (χ0v) is 21.6. The van der Waals surface area contributed by atoms with Crippen molar-refractivity contribution in [2.24, 2.45) is 0 Å². The maximum atomic E-state index is 13.6. The van der Waals surface area contributed by atoms with Crippen LogP contribution in [-0.2, 0) is 0 Å². The third-order valence-electron chi connectivity index (χ3n) is 6.75. The van der Waals surface area contributed by atoms with E-state index < -0.39 is 5.60 Å². The first kappa shape index (κ1) is 25.2. The molecule has 1 aliphatic carbocycles. The average Bonchev–Trinajstić information content (AvgIpc) is 3.31. The molecule has 0 saturated heterocycles. The molecule has 1 saturated carbocycles. The Balaban J connectivity index is 1.36. The van der Waals surface area contributed by atoms with E-state index in [1.807, 2.05) is 49.3 Å². The Hall–Kier alpha value is -3.46. The predicted octanol–water partition coefficient (Wildman–Crippen LogP) is 5.28. The fourth-order valence-corrected chi connectivity index (χ4v) is 5.26. The summed E-state index contributed by atoms with van der Waals surface area (Å²) in [7, 11) is 3.95. The number of hydrogen-bond acceptors (Lipinski definition) is 7. The molecule has 1 aliphatic rings. The second-order valence-corrected chi connectivity index (χ2v) is 10.3. The molecule has 37 heavy (non-hydrogen) atoms. The van der Waals surface area contributed by atoms with Crippen molar-refractivity contribution in [2.75, 3.05) is 26.0 Å². The molecule has 0 radical (unpaired) electrons. The third kappa shape index (κ3) is 5.61. The number of rotatable bonds is 8. The quantitative estimate of drug-likeness (QED) is 0.272. The molecule has 0 unspecified atom stereocenters. The summed E-state index contributed by atoms with van der Waals surface area (Å²) in [5, 5.41) is 15.3. The van der Waals surface area contributed by atoms with Gasteiger partial charge in [-0.2, -0.15) is 0 Å². The van der Waals surface area contributed by atoms with Gasteiger partial charge in [0.15, 0.2) is 5.78 Å². The number of benzene rings is 2. The van der Waals surface area contributed by atoms with Crippen LogP contribution in [0.4, 0.5) is 5.82 Å². The molecule has 8 nitrogen and oxygen atoms in total. The zero-order chi connectivity index (χ0) is 26.0. The molecule has 0 aliphatic heterocycles. The Morgan fingerprint density at radius 1 is 1.14 bits per heavy atom. The molecule has 5 rings (SSSR count). The van der Waals surface area contributed by atoms with Crippen LogP contribution in [0.2, 0.25) is 5.02 Å². The first-order valence-corrected chi connectivity index (χ1v) is 12.7. The van der Waals surface area contributed by atoms with Gasteiger partial charge in [-0.1, -0.05) is 29.8 Å². The number of ether oxygens (including phenoxy) is 1. The standard InChI is InChI=1S/C28H30ClN5O3/c1-34(2)16-28(36)12-10-18(11-13-28)33-27-24-22(15-30-26(24)31-17-32-27)25(35)21-9-8-20(14-23(21)29)37-19-6-4-3-5-7-19/h3-9,14-15,17-18,36H,10-13,16H2,1-2H3,(H2,30,31,32,33)/t18-,28+. The van der Waals surface area contributed by atoms with Crippen molar-refractivity contribution in [1.29, 1.82) is 0 Å². The first-order valence-electron chi connectivity index (χ1n) is 12.3. The van der Waals surface area contributed by atoms with E-state index in [9.17, 15) is 9.90 Å². The number of nitrogens with one attached hydrogen (secondary N) is 2. The number of halogens is 1. The van der Waals surface area contributed by atoms with Crippen molar-refractivity contribution < 1.29 is 14.6 Å². The molecule has 9 heteroatoms. The molecule has 1 fully saturated rings. The normalized spacial score (nSPS) is 19.8. The lowest BCUT2D eigenvalue weighted by molar-refractivity contribution is -0.0183. The highest BCUT2D eigenvalue weighted by molar-refractivity contribution is 6.35. The SMILES string of the molecule is CN(C)C[C@]1(O)CC[C@@H](Nc2ncnc3[nH]cc(C(=O)c4ccc(Oc5ccccc5)cc4Cl)c23)CC1. The number of nitrogens with zero attached hydrogens (tertiary/aromatic N) is 3. The molecule has 0 amide bonds. The van der Waals surface area contributed by atoms with Crippen molar-refractivity contribution in [3.05, 3.63) is 77.2 Å². The fraction of sp³-hybridized carbons (Fsp3) is 0.321. The Bertz CT molecular complexity index is 1400. The van der Waals surface area contributed by atoms with Crippen molar-refractivity contribution >= 4 is 34.2 Å². The number of carbonyl (C=O) groups is 1. The molecular formula is C28H30ClN5O3. The van der Waals surface area contributed by atoms with Crippen LogP contribution in [0.1, 0.15) is 41.6 Å². The van der Waals surface area contributed by atoms with Crippen LogP contribution < -0.4 is 10.1 Å². The topological polar surface area (TPSA) is 103 Å². The van der Waals surface area contributed by atoms with Crippen LogP contribution in [-0.4, -0.2) is 63.0 Å². The highest BCUT2D eigenvalue weighted by Gasteiger charge is 2.34. The summed E-state index contributed by atoms with van der Waals surface area (Å²) in [6.45, 7) is 0.643. The third-order valence-corrected chi connectivity index (χ3v) is 7.06. The molecule has 2 aromatic heterocycles. The van der Waals surface area contributed by atoms with E-state index >= 15 is 0 Å². The molecule has 2 heterocycles. The van der Waals surface area contributed by atoms with E-state index in [1.165, 1.54) is 6.33 Å². The summed E-state index contributed by atoms with van der Waals surface area (Å²) in [4.78, 5) is 27.5. The van der Waals surface area contributed by atoms with Crippen LogP contribution in [0, 0.1) is 0 Å². The predicted molar refractivity (Wildman–Crippen MR) is 145 cm³/mol. The first-order chi connectivity index (χ1) is 17.8. The number of fused-ring (bicyclic) bond motifs is 1. The summed E-state index contributed by atoms with van der Waals surface area (Å²) in [6.07, 6.45) is 6.13. The Labute approximate surface area is 220 Å². The molecule has 0 spiro atoms. The largest absolute Gasteiger partial charge is 0.457 e. The molecule has 3 N–H and O–H groups in total. The Kier molecular flexibility index (Phi) is 7.15. The van der Waals surface area contributed by atoms with E-state index in [1.54, 1.807) is 24.4 Å². The van der Waals surface area contributed by atoms with Gasteiger partial charge in [-0.25, -0.2) is 9.97 Å². The number of hydrogen-bond donors (Lipinski definition) is 3. The molecule has 4 aromatic rings. The van der Waals surface area contributed by atoms with E-state index in [0.29, 0.717) is 63.9 Å². The van der Waals surface area contributed by atoms with Gasteiger partial charge in [0.05, 0.1) is 21.6 Å². The van der Waals surface area contributed by atoms with Gasteiger partial charge < -0.3 is 25.0 Å². The maximum Gasteiger partial charge on any atom is 0.196 e. The van der Waals surface area contributed by atoms with Gasteiger partial charge in [-0.3, -0.25) is 4.79 Å². The second-order valence-electron chi connectivity index (χ2n) is 9.91. The lowest BCUT2D eigenvalue weighted by Crippen LogP contribution is -2.45. The number of likely N-dealkylation sites (N-methyl/N-ethyl adjacent to an activating group) is 1. The number of ketones is 1. The van der Waals surface area contributed by atoms with E-state index in [2.05, 4.69) is 20.3 Å². The van der Waals surface area contributed by atoms with Gasteiger partial charge in [0.1, 0.15) is 29.3 Å². The van der Waals surface area contributed by atoms with Crippen LogP contribution in [0.5, 0.6) is 11.5 Å².